The summed E-state index contributed by atoms with van der Waals surface area (Å²) in [6.07, 6.45) is -2.90. The van der Waals surface area contributed by atoms with Crippen LogP contribution in [0.1, 0.15) is 28.7 Å². The highest BCUT2D eigenvalue weighted by atomic mass is 32.1. The summed E-state index contributed by atoms with van der Waals surface area (Å²) in [5.74, 6) is -0.385. The second-order valence-corrected chi connectivity index (χ2v) is 6.53. The number of benzene rings is 2. The fourth-order valence-electron chi connectivity index (χ4n) is 2.86. The molecule has 0 saturated carbocycles. The molecule has 1 saturated heterocycles. The van der Waals surface area contributed by atoms with E-state index in [0.717, 1.165) is 25.6 Å². The maximum atomic E-state index is 13.5. The van der Waals surface area contributed by atoms with Gasteiger partial charge in [0, 0.05) is 18.7 Å². The SMILES string of the molecule is Fc1cccc(CCc2ccc(C(=S)N3CCC3)cc2C(F)(F)F)c1. The third-order valence-corrected chi connectivity index (χ3v) is 4.87. The summed E-state index contributed by atoms with van der Waals surface area (Å²) in [7, 11) is 0. The minimum Gasteiger partial charge on any atom is -0.362 e. The van der Waals surface area contributed by atoms with Crippen LogP contribution in [0.25, 0.3) is 0 Å². The van der Waals surface area contributed by atoms with Crippen LogP contribution in [-0.4, -0.2) is 23.0 Å². The van der Waals surface area contributed by atoms with Crippen LogP contribution in [0.3, 0.4) is 0 Å². The lowest BCUT2D eigenvalue weighted by molar-refractivity contribution is -0.138. The molecule has 0 spiro atoms. The van der Waals surface area contributed by atoms with Crippen molar-refractivity contribution in [3.8, 4) is 0 Å². The van der Waals surface area contributed by atoms with Crippen LogP contribution in [-0.2, 0) is 19.0 Å². The Balaban J connectivity index is 1.83. The molecule has 1 fully saturated rings. The van der Waals surface area contributed by atoms with Gasteiger partial charge in [0.2, 0.25) is 0 Å². The summed E-state index contributed by atoms with van der Waals surface area (Å²) in [6, 6.07) is 10.2. The first kappa shape index (κ1) is 17.9. The van der Waals surface area contributed by atoms with Crippen molar-refractivity contribution in [3.05, 3.63) is 70.5 Å². The van der Waals surface area contributed by atoms with Gasteiger partial charge in [-0.2, -0.15) is 13.2 Å². The number of aryl methyl sites for hydroxylation is 2. The van der Waals surface area contributed by atoms with Gasteiger partial charge in [-0.1, -0.05) is 36.5 Å². The molecule has 1 nitrogen and oxygen atoms in total. The van der Waals surface area contributed by atoms with Gasteiger partial charge in [-0.3, -0.25) is 0 Å². The molecule has 0 atom stereocenters. The molecule has 0 N–H and O–H groups in total. The van der Waals surface area contributed by atoms with Crippen molar-refractivity contribution in [2.45, 2.75) is 25.4 Å². The quantitative estimate of drug-likeness (QED) is 0.552. The number of likely N-dealkylation sites (tertiary alicyclic amines) is 1. The molecule has 1 heterocycles. The number of thiocarbonyl (C=S) groups is 1. The highest BCUT2D eigenvalue weighted by molar-refractivity contribution is 7.80. The molecule has 0 aliphatic carbocycles. The van der Waals surface area contributed by atoms with Crippen LogP contribution in [0.15, 0.2) is 42.5 Å². The molecular formula is C19H17F4NS. The summed E-state index contributed by atoms with van der Waals surface area (Å²) in [5.41, 5.74) is 0.640. The zero-order valence-corrected chi connectivity index (χ0v) is 14.3. The molecule has 3 rings (SSSR count). The van der Waals surface area contributed by atoms with E-state index < -0.39 is 11.7 Å². The van der Waals surface area contributed by atoms with Gasteiger partial charge in [-0.25, -0.2) is 4.39 Å². The molecule has 6 heteroatoms. The van der Waals surface area contributed by atoms with Gasteiger partial charge in [0.1, 0.15) is 10.8 Å². The van der Waals surface area contributed by atoms with Crippen molar-refractivity contribution >= 4 is 17.2 Å². The van der Waals surface area contributed by atoms with Crippen molar-refractivity contribution < 1.29 is 17.6 Å². The second-order valence-electron chi connectivity index (χ2n) is 6.15. The van der Waals surface area contributed by atoms with Gasteiger partial charge >= 0.3 is 6.18 Å². The molecular weight excluding hydrogens is 350 g/mol. The number of hydrogen-bond acceptors (Lipinski definition) is 1. The Morgan fingerprint density at radius 1 is 1.04 bits per heavy atom. The van der Waals surface area contributed by atoms with Crippen LogP contribution in [0.2, 0.25) is 0 Å². The first-order chi connectivity index (χ1) is 11.8. The Morgan fingerprint density at radius 3 is 2.40 bits per heavy atom. The Bertz CT molecular complexity index is 781. The summed E-state index contributed by atoms with van der Waals surface area (Å²) < 4.78 is 53.6. The maximum absolute atomic E-state index is 13.5. The van der Waals surface area contributed by atoms with Crippen molar-refractivity contribution in [1.29, 1.82) is 0 Å². The first-order valence-electron chi connectivity index (χ1n) is 8.08. The van der Waals surface area contributed by atoms with Crippen LogP contribution in [0.4, 0.5) is 17.6 Å². The monoisotopic (exact) mass is 367 g/mol. The highest BCUT2D eigenvalue weighted by Gasteiger charge is 2.34. The summed E-state index contributed by atoms with van der Waals surface area (Å²) in [6.45, 7) is 1.59. The van der Waals surface area contributed by atoms with E-state index in [1.54, 1.807) is 18.2 Å². The predicted octanol–water partition coefficient (Wildman–Crippen LogP) is 5.01. The Hall–Kier alpha value is -1.95. The number of alkyl halides is 3. The van der Waals surface area contributed by atoms with Gasteiger partial charge in [0.15, 0.2) is 0 Å². The summed E-state index contributed by atoms with van der Waals surface area (Å²) >= 11 is 5.29. The van der Waals surface area contributed by atoms with Crippen molar-refractivity contribution in [1.82, 2.24) is 4.90 Å². The zero-order valence-electron chi connectivity index (χ0n) is 13.4. The molecule has 25 heavy (non-hydrogen) atoms. The van der Waals surface area contributed by atoms with Gasteiger partial charge in [-0.15, -0.1) is 0 Å². The molecule has 1 aliphatic heterocycles. The Kier molecular flexibility index (Phi) is 5.08. The predicted molar refractivity (Wildman–Crippen MR) is 93.1 cm³/mol. The average Bonchev–Trinajstić information content (AvgIpc) is 2.50. The minimum atomic E-state index is -4.45. The van der Waals surface area contributed by atoms with Crippen LogP contribution >= 0.6 is 12.2 Å². The van der Waals surface area contributed by atoms with E-state index in [1.165, 1.54) is 18.2 Å². The fourth-order valence-corrected chi connectivity index (χ4v) is 3.17. The maximum Gasteiger partial charge on any atom is 0.416 e. The molecule has 132 valence electrons. The lowest BCUT2D eigenvalue weighted by Crippen LogP contribution is -2.41. The Morgan fingerprint density at radius 2 is 1.80 bits per heavy atom. The van der Waals surface area contributed by atoms with Gasteiger partial charge in [0.05, 0.1) is 5.56 Å². The van der Waals surface area contributed by atoms with Crippen molar-refractivity contribution in [3.63, 3.8) is 0 Å². The van der Waals surface area contributed by atoms with Gasteiger partial charge < -0.3 is 4.90 Å². The van der Waals surface area contributed by atoms with Gasteiger partial charge in [0.25, 0.3) is 0 Å². The van der Waals surface area contributed by atoms with E-state index in [2.05, 4.69) is 0 Å². The molecule has 0 bridgehead atoms. The average molecular weight is 367 g/mol. The number of nitrogens with zero attached hydrogens (tertiary/aromatic N) is 1. The third-order valence-electron chi connectivity index (χ3n) is 4.38. The second kappa shape index (κ2) is 7.12. The summed E-state index contributed by atoms with van der Waals surface area (Å²) in [5, 5.41) is 0. The van der Waals surface area contributed by atoms with E-state index in [4.69, 9.17) is 12.2 Å². The third kappa shape index (κ3) is 4.18. The Labute approximate surface area is 149 Å². The molecule has 2 aromatic rings. The standard InChI is InChI=1S/C19H17F4NS/c20-16-4-1-3-13(11-16)5-6-14-7-8-15(12-17(14)19(21,22)23)18(25)24-9-2-10-24/h1,3-4,7-8,11-12H,2,5-6,9-10H2. The fraction of sp³-hybridized carbons (Fsp3) is 0.316. The van der Waals surface area contributed by atoms with Gasteiger partial charge in [-0.05, 0) is 48.6 Å². The van der Waals surface area contributed by atoms with Crippen LogP contribution in [0.5, 0.6) is 0 Å². The minimum absolute atomic E-state index is 0.190. The number of hydrogen-bond donors (Lipinski definition) is 0. The number of rotatable bonds is 4. The topological polar surface area (TPSA) is 3.24 Å². The lowest BCUT2D eigenvalue weighted by atomic mass is 9.97. The molecule has 2 aromatic carbocycles. The van der Waals surface area contributed by atoms with Crippen LogP contribution < -0.4 is 0 Å². The molecule has 0 aromatic heterocycles. The van der Waals surface area contributed by atoms with E-state index in [-0.39, 0.29) is 17.8 Å². The smallest absolute Gasteiger partial charge is 0.362 e. The normalized spacial score (nSPS) is 14.3. The highest BCUT2D eigenvalue weighted by Crippen LogP contribution is 2.34. The molecule has 0 unspecified atom stereocenters. The van der Waals surface area contributed by atoms with E-state index in [1.807, 2.05) is 4.90 Å². The zero-order chi connectivity index (χ0) is 18.0. The largest absolute Gasteiger partial charge is 0.416 e. The van der Waals surface area contributed by atoms with Crippen molar-refractivity contribution in [2.24, 2.45) is 0 Å². The number of halogens is 4. The first-order valence-corrected chi connectivity index (χ1v) is 8.49. The molecule has 0 radical (unpaired) electrons. The lowest BCUT2D eigenvalue weighted by Gasteiger charge is -2.33. The summed E-state index contributed by atoms with van der Waals surface area (Å²) in [4.78, 5) is 2.37. The van der Waals surface area contributed by atoms with Crippen molar-refractivity contribution in [2.75, 3.05) is 13.1 Å². The molecule has 1 aliphatic rings. The van der Waals surface area contributed by atoms with E-state index in [9.17, 15) is 17.6 Å². The van der Waals surface area contributed by atoms with E-state index >= 15 is 0 Å². The van der Waals surface area contributed by atoms with E-state index in [0.29, 0.717) is 22.5 Å². The van der Waals surface area contributed by atoms with Crippen LogP contribution in [0, 0.1) is 5.82 Å². The molecule has 0 amide bonds.